The number of aliphatic hydroxyl groups is 1. The van der Waals surface area contributed by atoms with Gasteiger partial charge in [0.1, 0.15) is 0 Å². The van der Waals surface area contributed by atoms with E-state index in [1.807, 2.05) is 0 Å². The molecule has 0 amide bonds. The maximum atomic E-state index is 13.1. The molecule has 60 heavy (non-hydrogen) atoms. The predicted octanol–water partition coefficient (Wildman–Crippen LogP) is 14.3. The smallest absolute Gasteiger partial charge is 0.308 e. The van der Waals surface area contributed by atoms with Crippen LogP contribution in [-0.2, 0) is 19.1 Å². The third-order valence-electron chi connectivity index (χ3n) is 13.3. The second-order valence-corrected chi connectivity index (χ2v) is 19.1. The maximum absolute atomic E-state index is 13.1. The van der Waals surface area contributed by atoms with Crippen molar-refractivity contribution in [2.75, 3.05) is 59.1 Å². The molecule has 0 aromatic heterocycles. The van der Waals surface area contributed by atoms with Gasteiger partial charge in [-0.3, -0.25) is 9.59 Å². The molecule has 1 aliphatic rings. The van der Waals surface area contributed by atoms with Crippen molar-refractivity contribution in [1.82, 2.24) is 9.80 Å². The Kier molecular flexibility index (Phi) is 40.8. The van der Waals surface area contributed by atoms with Crippen LogP contribution >= 0.6 is 0 Å². The van der Waals surface area contributed by atoms with Crippen LogP contribution in [0.5, 0.6) is 0 Å². The molecule has 0 aliphatic carbocycles. The molecule has 7 nitrogen and oxygen atoms in total. The second-order valence-electron chi connectivity index (χ2n) is 19.1. The molecule has 7 heteroatoms. The van der Waals surface area contributed by atoms with Crippen LogP contribution in [0.2, 0.25) is 0 Å². The van der Waals surface area contributed by atoms with Gasteiger partial charge in [0.15, 0.2) is 0 Å². The van der Waals surface area contributed by atoms with E-state index in [-0.39, 0.29) is 23.8 Å². The number of carbonyl (C=O) groups excluding carboxylic acids is 2. The molecule has 1 rings (SSSR count). The highest BCUT2D eigenvalue weighted by atomic mass is 16.5. The first kappa shape index (κ1) is 56.8. The van der Waals surface area contributed by atoms with Gasteiger partial charge in [0.25, 0.3) is 0 Å². The van der Waals surface area contributed by atoms with E-state index in [4.69, 9.17) is 9.47 Å². The number of hydrogen-bond acceptors (Lipinski definition) is 7. The number of carbonyl (C=O) groups is 2. The highest BCUT2D eigenvalue weighted by molar-refractivity contribution is 5.72. The van der Waals surface area contributed by atoms with Crippen molar-refractivity contribution >= 4 is 11.9 Å². The van der Waals surface area contributed by atoms with E-state index >= 15 is 0 Å². The summed E-state index contributed by atoms with van der Waals surface area (Å²) in [5.74, 6) is 1.05. The molecular formula is C53H104N2O5. The van der Waals surface area contributed by atoms with E-state index in [9.17, 15) is 14.7 Å². The summed E-state index contributed by atoms with van der Waals surface area (Å²) in [5.41, 5.74) is 0. The third kappa shape index (κ3) is 33.4. The molecule has 0 spiro atoms. The first-order chi connectivity index (χ1) is 29.5. The molecule has 3 unspecified atom stereocenters. The summed E-state index contributed by atoms with van der Waals surface area (Å²) >= 11 is 0. The van der Waals surface area contributed by atoms with E-state index < -0.39 is 0 Å². The van der Waals surface area contributed by atoms with E-state index in [0.717, 1.165) is 115 Å². The van der Waals surface area contributed by atoms with Crippen molar-refractivity contribution in [1.29, 1.82) is 0 Å². The first-order valence-electron chi connectivity index (χ1n) is 26.9. The average Bonchev–Trinajstić information content (AvgIpc) is 3.70. The molecular weight excluding hydrogens is 745 g/mol. The lowest BCUT2D eigenvalue weighted by Crippen LogP contribution is -2.33. The lowest BCUT2D eigenvalue weighted by molar-refractivity contribution is -0.150. The van der Waals surface area contributed by atoms with Gasteiger partial charge < -0.3 is 24.4 Å². The SMILES string of the molecule is CCCCCCCCC(CCCCCC)C(=O)OCCCCCCN(CCCCCCOC(=O)C(CCCCCC)CCCCCCCC)CC1CCN(CCCCO)C1. The number of nitrogens with zero attached hydrogens (tertiary/aromatic N) is 2. The predicted molar refractivity (Wildman–Crippen MR) is 257 cm³/mol. The Labute approximate surface area is 374 Å². The Morgan fingerprint density at radius 2 is 0.900 bits per heavy atom. The fraction of sp³-hybridized carbons (Fsp3) is 0.962. The number of esters is 2. The van der Waals surface area contributed by atoms with Gasteiger partial charge in [-0.2, -0.15) is 0 Å². The van der Waals surface area contributed by atoms with Crippen molar-refractivity contribution in [3.8, 4) is 0 Å². The lowest BCUT2D eigenvalue weighted by Gasteiger charge is -2.26. The van der Waals surface area contributed by atoms with Crippen LogP contribution in [0.4, 0.5) is 0 Å². The van der Waals surface area contributed by atoms with Crippen LogP contribution in [0, 0.1) is 17.8 Å². The summed E-state index contributed by atoms with van der Waals surface area (Å²) in [4.78, 5) is 31.6. The fourth-order valence-corrected chi connectivity index (χ4v) is 9.27. The summed E-state index contributed by atoms with van der Waals surface area (Å²) in [7, 11) is 0. The van der Waals surface area contributed by atoms with Crippen molar-refractivity contribution in [3.63, 3.8) is 0 Å². The average molecular weight is 849 g/mol. The zero-order valence-electron chi connectivity index (χ0n) is 40.8. The Morgan fingerprint density at radius 3 is 1.33 bits per heavy atom. The van der Waals surface area contributed by atoms with E-state index in [2.05, 4.69) is 37.5 Å². The Bertz CT molecular complexity index is 875. The minimum Gasteiger partial charge on any atom is -0.465 e. The third-order valence-corrected chi connectivity index (χ3v) is 13.3. The zero-order valence-corrected chi connectivity index (χ0v) is 40.8. The van der Waals surface area contributed by atoms with Crippen molar-refractivity contribution in [2.45, 2.75) is 252 Å². The van der Waals surface area contributed by atoms with E-state index in [0.29, 0.717) is 19.8 Å². The van der Waals surface area contributed by atoms with Crippen molar-refractivity contribution < 1.29 is 24.2 Å². The monoisotopic (exact) mass is 849 g/mol. The molecule has 0 bridgehead atoms. The summed E-state index contributed by atoms with van der Waals surface area (Å²) < 4.78 is 11.8. The van der Waals surface area contributed by atoms with Crippen molar-refractivity contribution in [3.05, 3.63) is 0 Å². The quantitative estimate of drug-likeness (QED) is 0.0483. The van der Waals surface area contributed by atoms with Crippen LogP contribution in [-0.4, -0.2) is 85.9 Å². The molecule has 0 saturated carbocycles. The molecule has 3 atom stereocenters. The number of hydrogen-bond donors (Lipinski definition) is 1. The first-order valence-corrected chi connectivity index (χ1v) is 26.9. The van der Waals surface area contributed by atoms with Crippen LogP contribution in [0.1, 0.15) is 252 Å². The van der Waals surface area contributed by atoms with Gasteiger partial charge in [-0.15, -0.1) is 0 Å². The van der Waals surface area contributed by atoms with Gasteiger partial charge in [0.05, 0.1) is 25.0 Å². The summed E-state index contributed by atoms with van der Waals surface area (Å²) in [6, 6.07) is 0. The van der Waals surface area contributed by atoms with Gasteiger partial charge in [-0.05, 0) is 103 Å². The standard InChI is InChI=1S/C53H104N2O5/c1-5-9-13-17-19-27-37-50(35-25-15-11-7-3)52(57)59-45-33-23-21-29-40-54(47-49-39-43-55(48-49)42-31-32-44-56)41-30-22-24-34-46-60-53(58)51(36-26-16-12-8-4)38-28-20-18-14-10-6-2/h49-51,56H,5-48H2,1-4H3. The van der Waals surface area contributed by atoms with Gasteiger partial charge in [0.2, 0.25) is 0 Å². The zero-order chi connectivity index (χ0) is 43.6. The molecule has 0 aromatic rings. The molecule has 0 aromatic carbocycles. The Morgan fingerprint density at radius 1 is 0.517 bits per heavy atom. The molecule has 0 radical (unpaired) electrons. The number of likely N-dealkylation sites (tertiary alicyclic amines) is 1. The molecule has 1 aliphatic heterocycles. The van der Waals surface area contributed by atoms with Crippen LogP contribution in [0.3, 0.4) is 0 Å². The van der Waals surface area contributed by atoms with Crippen LogP contribution in [0.25, 0.3) is 0 Å². The number of ether oxygens (including phenoxy) is 2. The van der Waals surface area contributed by atoms with Gasteiger partial charge in [0, 0.05) is 19.7 Å². The lowest BCUT2D eigenvalue weighted by atomic mass is 9.94. The largest absolute Gasteiger partial charge is 0.465 e. The molecule has 1 fully saturated rings. The van der Waals surface area contributed by atoms with Crippen LogP contribution in [0.15, 0.2) is 0 Å². The number of aliphatic hydroxyl groups excluding tert-OH is 1. The molecule has 1 N–H and O–H groups in total. The topological polar surface area (TPSA) is 79.3 Å². The van der Waals surface area contributed by atoms with E-state index in [1.54, 1.807) is 0 Å². The highest BCUT2D eigenvalue weighted by Gasteiger charge is 2.24. The fourth-order valence-electron chi connectivity index (χ4n) is 9.27. The second kappa shape index (κ2) is 43.1. The molecule has 1 heterocycles. The molecule has 356 valence electrons. The minimum absolute atomic E-state index is 0.0665. The van der Waals surface area contributed by atoms with Gasteiger partial charge in [-0.25, -0.2) is 0 Å². The van der Waals surface area contributed by atoms with Crippen molar-refractivity contribution in [2.24, 2.45) is 17.8 Å². The number of rotatable bonds is 46. The maximum Gasteiger partial charge on any atom is 0.308 e. The summed E-state index contributed by atoms with van der Waals surface area (Å²) in [5, 5.41) is 9.24. The normalized spacial score (nSPS) is 15.5. The Balaban J connectivity index is 2.48. The van der Waals surface area contributed by atoms with Gasteiger partial charge >= 0.3 is 11.9 Å². The van der Waals surface area contributed by atoms with Gasteiger partial charge in [-0.1, -0.05) is 182 Å². The van der Waals surface area contributed by atoms with E-state index in [1.165, 1.54) is 154 Å². The minimum atomic E-state index is 0.0665. The van der Waals surface area contributed by atoms with Crippen LogP contribution < -0.4 is 0 Å². The summed E-state index contributed by atoms with van der Waals surface area (Å²) in [6.07, 6.45) is 41.2. The Hall–Kier alpha value is -1.18. The highest BCUT2D eigenvalue weighted by Crippen LogP contribution is 2.23. The number of unbranched alkanes of at least 4 members (excludes halogenated alkanes) is 23. The summed E-state index contributed by atoms with van der Waals surface area (Å²) in [6.45, 7) is 17.5. The molecule has 1 saturated heterocycles.